The SMILES string of the molecule is CN(C)C(=O)C1(N2CCCCC2CCC(CN(C)C(=O)c2ccc(C#N)cc2)c2ccc(Cl)c(Cl)c2)CCNCC1. The summed E-state index contributed by atoms with van der Waals surface area (Å²) in [6.45, 7) is 3.13. The van der Waals surface area contributed by atoms with Gasteiger partial charge in [0.05, 0.1) is 21.7 Å². The van der Waals surface area contributed by atoms with Crippen molar-refractivity contribution in [2.45, 2.75) is 62.4 Å². The molecule has 2 unspecified atom stereocenters. The molecular weight excluding hydrogens is 557 g/mol. The molecule has 2 atom stereocenters. The number of amides is 2. The van der Waals surface area contributed by atoms with Gasteiger partial charge >= 0.3 is 0 Å². The lowest BCUT2D eigenvalue weighted by atomic mass is 9.80. The van der Waals surface area contributed by atoms with E-state index < -0.39 is 5.54 Å². The van der Waals surface area contributed by atoms with Crippen molar-refractivity contribution in [1.82, 2.24) is 20.0 Å². The number of piperidine rings is 2. The van der Waals surface area contributed by atoms with E-state index in [1.807, 2.05) is 39.3 Å². The van der Waals surface area contributed by atoms with Crippen LogP contribution in [0.25, 0.3) is 0 Å². The van der Waals surface area contributed by atoms with Crippen molar-refractivity contribution >= 4 is 35.0 Å². The molecule has 2 aromatic rings. The molecule has 2 heterocycles. The molecule has 0 saturated carbocycles. The van der Waals surface area contributed by atoms with Crippen LogP contribution in [0.5, 0.6) is 0 Å². The molecule has 2 aliphatic rings. The first-order valence-corrected chi connectivity index (χ1v) is 15.3. The van der Waals surface area contributed by atoms with Gasteiger partial charge in [-0.25, -0.2) is 0 Å². The smallest absolute Gasteiger partial charge is 0.253 e. The van der Waals surface area contributed by atoms with Crippen LogP contribution in [0.4, 0.5) is 0 Å². The third-order valence-corrected chi connectivity index (χ3v) is 9.52. The Morgan fingerprint density at radius 2 is 1.78 bits per heavy atom. The summed E-state index contributed by atoms with van der Waals surface area (Å²) in [7, 11) is 5.55. The zero-order valence-electron chi connectivity index (χ0n) is 24.3. The van der Waals surface area contributed by atoms with Gasteiger partial charge in [0.25, 0.3) is 5.91 Å². The average molecular weight is 599 g/mol. The monoisotopic (exact) mass is 597 g/mol. The molecule has 2 saturated heterocycles. The van der Waals surface area contributed by atoms with E-state index in [2.05, 4.69) is 16.3 Å². The molecule has 4 rings (SSSR count). The van der Waals surface area contributed by atoms with E-state index in [0.29, 0.717) is 27.7 Å². The number of likely N-dealkylation sites (tertiary alicyclic amines) is 1. The number of rotatable bonds is 9. The predicted octanol–water partition coefficient (Wildman–Crippen LogP) is 5.57. The van der Waals surface area contributed by atoms with Crippen LogP contribution < -0.4 is 5.32 Å². The summed E-state index contributed by atoms with van der Waals surface area (Å²) in [6, 6.07) is 14.9. The molecule has 220 valence electrons. The van der Waals surface area contributed by atoms with E-state index in [0.717, 1.165) is 70.1 Å². The molecule has 0 aromatic heterocycles. The molecular formula is C32H41Cl2N5O2. The van der Waals surface area contributed by atoms with Crippen molar-refractivity contribution in [3.63, 3.8) is 0 Å². The van der Waals surface area contributed by atoms with Crippen LogP contribution in [-0.2, 0) is 4.79 Å². The lowest BCUT2D eigenvalue weighted by Crippen LogP contribution is -2.66. The maximum atomic E-state index is 13.7. The highest BCUT2D eigenvalue weighted by Gasteiger charge is 2.48. The Hall–Kier alpha value is -2.63. The Bertz CT molecular complexity index is 1250. The van der Waals surface area contributed by atoms with E-state index in [9.17, 15) is 9.59 Å². The number of benzene rings is 2. The second-order valence-electron chi connectivity index (χ2n) is 11.6. The van der Waals surface area contributed by atoms with Gasteiger partial charge in [-0.05, 0) is 100 Å². The normalized spacial score (nSPS) is 19.7. The molecule has 0 spiro atoms. The predicted molar refractivity (Wildman–Crippen MR) is 164 cm³/mol. The molecule has 0 bridgehead atoms. The number of hydrogen-bond donors (Lipinski definition) is 1. The zero-order valence-corrected chi connectivity index (χ0v) is 25.8. The fraction of sp³-hybridized carbons (Fsp3) is 0.531. The van der Waals surface area contributed by atoms with E-state index in [4.69, 9.17) is 28.5 Å². The molecule has 41 heavy (non-hydrogen) atoms. The van der Waals surface area contributed by atoms with Crippen LogP contribution in [0, 0.1) is 11.3 Å². The van der Waals surface area contributed by atoms with Gasteiger partial charge in [0, 0.05) is 45.2 Å². The number of hydrogen-bond acceptors (Lipinski definition) is 5. The minimum Gasteiger partial charge on any atom is -0.347 e. The molecule has 7 nitrogen and oxygen atoms in total. The summed E-state index contributed by atoms with van der Waals surface area (Å²) in [5.74, 6) is 0.151. The number of nitriles is 1. The van der Waals surface area contributed by atoms with Crippen LogP contribution >= 0.6 is 23.2 Å². The second kappa shape index (κ2) is 14.0. The molecule has 2 aromatic carbocycles. The average Bonchev–Trinajstić information content (AvgIpc) is 3.00. The largest absolute Gasteiger partial charge is 0.347 e. The molecule has 2 amide bonds. The number of likely N-dealkylation sites (N-methyl/N-ethyl adjacent to an activating group) is 2. The first-order chi connectivity index (χ1) is 19.7. The van der Waals surface area contributed by atoms with Crippen molar-refractivity contribution in [3.05, 3.63) is 69.2 Å². The van der Waals surface area contributed by atoms with Crippen molar-refractivity contribution in [2.24, 2.45) is 0 Å². The number of carbonyl (C=O) groups is 2. The number of nitrogens with one attached hydrogen (secondary N) is 1. The summed E-state index contributed by atoms with van der Waals surface area (Å²) in [5, 5.41) is 13.6. The van der Waals surface area contributed by atoms with Crippen molar-refractivity contribution in [3.8, 4) is 6.07 Å². The van der Waals surface area contributed by atoms with Crippen LogP contribution in [0.2, 0.25) is 10.0 Å². The number of carbonyl (C=O) groups excluding carboxylic acids is 2. The highest BCUT2D eigenvalue weighted by molar-refractivity contribution is 6.42. The Morgan fingerprint density at radius 1 is 1.07 bits per heavy atom. The summed E-state index contributed by atoms with van der Waals surface area (Å²) >= 11 is 12.7. The van der Waals surface area contributed by atoms with Gasteiger partial charge in [0.15, 0.2) is 0 Å². The second-order valence-corrected chi connectivity index (χ2v) is 12.5. The van der Waals surface area contributed by atoms with Crippen molar-refractivity contribution < 1.29 is 9.59 Å². The first-order valence-electron chi connectivity index (χ1n) is 14.6. The zero-order chi connectivity index (χ0) is 29.6. The topological polar surface area (TPSA) is 79.7 Å². The standard InChI is InChI=1S/C32H41Cl2N5O2/c1-37(2)31(41)32(15-17-36-18-16-32)39-19-5-4-6-27(39)13-11-26(25-12-14-28(33)29(34)20-25)22-38(3)30(40)24-9-7-23(21-35)8-10-24/h7-10,12,14,20,26-27,36H,4-6,11,13,15-19,22H2,1-3H3. The lowest BCUT2D eigenvalue weighted by molar-refractivity contribution is -0.148. The summed E-state index contributed by atoms with van der Waals surface area (Å²) < 4.78 is 0. The highest BCUT2D eigenvalue weighted by Crippen LogP contribution is 2.38. The van der Waals surface area contributed by atoms with Gasteiger partial charge in [0.2, 0.25) is 5.91 Å². The van der Waals surface area contributed by atoms with Crippen LogP contribution in [-0.4, -0.2) is 85.4 Å². The molecule has 1 N–H and O–H groups in total. The number of halogens is 2. The number of nitrogens with zero attached hydrogens (tertiary/aromatic N) is 4. The quantitative estimate of drug-likeness (QED) is 0.409. The minimum atomic E-state index is -0.471. The molecule has 2 fully saturated rings. The van der Waals surface area contributed by atoms with Crippen molar-refractivity contribution in [2.75, 3.05) is 47.3 Å². The Morgan fingerprint density at radius 3 is 2.41 bits per heavy atom. The molecule has 2 aliphatic heterocycles. The fourth-order valence-electron chi connectivity index (χ4n) is 6.59. The van der Waals surface area contributed by atoms with Gasteiger partial charge in [-0.1, -0.05) is 35.7 Å². The van der Waals surface area contributed by atoms with E-state index in [-0.39, 0.29) is 23.8 Å². The third kappa shape index (κ3) is 7.24. The maximum absolute atomic E-state index is 13.7. The van der Waals surface area contributed by atoms with Gasteiger partial charge in [0.1, 0.15) is 5.54 Å². The summed E-state index contributed by atoms with van der Waals surface area (Å²) in [6.07, 6.45) is 6.71. The molecule has 0 radical (unpaired) electrons. The van der Waals surface area contributed by atoms with E-state index in [1.165, 1.54) is 0 Å². The minimum absolute atomic E-state index is 0.0365. The molecule has 9 heteroatoms. The third-order valence-electron chi connectivity index (χ3n) is 8.78. The summed E-state index contributed by atoms with van der Waals surface area (Å²) in [4.78, 5) is 33.0. The van der Waals surface area contributed by atoms with Crippen LogP contribution in [0.1, 0.15) is 72.3 Å². The Balaban J connectivity index is 1.56. The highest BCUT2D eigenvalue weighted by atomic mass is 35.5. The van der Waals surface area contributed by atoms with E-state index in [1.54, 1.807) is 34.1 Å². The maximum Gasteiger partial charge on any atom is 0.253 e. The van der Waals surface area contributed by atoms with Gasteiger partial charge < -0.3 is 15.1 Å². The van der Waals surface area contributed by atoms with Gasteiger partial charge in [-0.2, -0.15) is 5.26 Å². The van der Waals surface area contributed by atoms with Crippen molar-refractivity contribution in [1.29, 1.82) is 5.26 Å². The fourth-order valence-corrected chi connectivity index (χ4v) is 6.90. The van der Waals surface area contributed by atoms with Crippen LogP contribution in [0.3, 0.4) is 0 Å². The molecule has 0 aliphatic carbocycles. The lowest BCUT2D eigenvalue weighted by Gasteiger charge is -2.51. The van der Waals surface area contributed by atoms with Gasteiger partial charge in [-0.3, -0.25) is 14.5 Å². The Kier molecular flexibility index (Phi) is 10.7. The van der Waals surface area contributed by atoms with Crippen LogP contribution in [0.15, 0.2) is 42.5 Å². The Labute approximate surface area is 254 Å². The first kappa shape index (κ1) is 31.3. The van der Waals surface area contributed by atoms with Gasteiger partial charge in [-0.15, -0.1) is 0 Å². The van der Waals surface area contributed by atoms with E-state index >= 15 is 0 Å². The summed E-state index contributed by atoms with van der Waals surface area (Å²) in [5.41, 5.74) is 1.64.